The Morgan fingerprint density at radius 3 is 2.79 bits per heavy atom. The van der Waals surface area contributed by atoms with E-state index in [1.54, 1.807) is 12.4 Å². The van der Waals surface area contributed by atoms with Gasteiger partial charge in [0.25, 0.3) is 0 Å². The molecule has 3 aromatic rings. The number of nitrogens with two attached hydrogens (primary N) is 1. The van der Waals surface area contributed by atoms with Gasteiger partial charge in [0.15, 0.2) is 5.65 Å². The predicted molar refractivity (Wildman–Crippen MR) is 74.7 cm³/mol. The Balaban J connectivity index is 2.08. The maximum atomic E-state index is 5.98. The van der Waals surface area contributed by atoms with Gasteiger partial charge in [0.1, 0.15) is 5.52 Å². The summed E-state index contributed by atoms with van der Waals surface area (Å²) in [7, 11) is 0. The number of hydrogen-bond donors (Lipinski definition) is 1. The van der Waals surface area contributed by atoms with E-state index in [4.69, 9.17) is 5.73 Å². The van der Waals surface area contributed by atoms with Gasteiger partial charge in [-0.25, -0.2) is 9.97 Å². The molecule has 0 spiro atoms. The second-order valence-electron chi connectivity index (χ2n) is 4.37. The fraction of sp³-hybridized carbons (Fsp3) is 0.214. The van der Waals surface area contributed by atoms with Crippen molar-refractivity contribution >= 4 is 17.1 Å². The molecule has 0 amide bonds. The smallest absolute Gasteiger partial charge is 0.202 e. The maximum Gasteiger partial charge on any atom is 0.202 e. The molecule has 0 aromatic carbocycles. The van der Waals surface area contributed by atoms with E-state index in [1.807, 2.05) is 22.8 Å². The van der Waals surface area contributed by atoms with Crippen LogP contribution in [0, 0.1) is 0 Å². The second-order valence-corrected chi connectivity index (χ2v) is 4.37. The van der Waals surface area contributed by atoms with Gasteiger partial charge in [-0.3, -0.25) is 9.55 Å². The van der Waals surface area contributed by atoms with Crippen LogP contribution in [0.4, 0.5) is 5.95 Å². The van der Waals surface area contributed by atoms with Gasteiger partial charge in [-0.1, -0.05) is 13.0 Å². The molecule has 0 aliphatic carbocycles. The van der Waals surface area contributed by atoms with Crippen LogP contribution in [0.2, 0.25) is 0 Å². The number of pyridine rings is 2. The average Bonchev–Trinajstić information content (AvgIpc) is 2.76. The summed E-state index contributed by atoms with van der Waals surface area (Å²) >= 11 is 0. The number of nitrogen functional groups attached to an aromatic ring is 1. The molecule has 96 valence electrons. The number of imidazole rings is 1. The van der Waals surface area contributed by atoms with Crippen molar-refractivity contribution in [3.05, 3.63) is 47.9 Å². The van der Waals surface area contributed by atoms with Crippen LogP contribution < -0.4 is 5.73 Å². The minimum absolute atomic E-state index is 0.474. The van der Waals surface area contributed by atoms with E-state index < -0.39 is 0 Å². The summed E-state index contributed by atoms with van der Waals surface area (Å²) in [4.78, 5) is 13.1. The van der Waals surface area contributed by atoms with Crippen molar-refractivity contribution in [2.45, 2.75) is 19.9 Å². The third-order valence-electron chi connectivity index (χ3n) is 3.21. The molecule has 0 saturated carbocycles. The minimum atomic E-state index is 0.474. The maximum absolute atomic E-state index is 5.98. The normalized spacial score (nSPS) is 11.0. The number of aromatic nitrogens is 4. The van der Waals surface area contributed by atoms with Gasteiger partial charge in [0.05, 0.1) is 12.2 Å². The summed E-state index contributed by atoms with van der Waals surface area (Å²) in [6, 6.07) is 7.81. The number of hydrogen-bond acceptors (Lipinski definition) is 4. The van der Waals surface area contributed by atoms with Crippen LogP contribution in [0.5, 0.6) is 0 Å². The molecular weight excluding hydrogens is 238 g/mol. The quantitative estimate of drug-likeness (QED) is 0.775. The van der Waals surface area contributed by atoms with Gasteiger partial charge in [0, 0.05) is 12.4 Å². The molecule has 0 aliphatic rings. The highest BCUT2D eigenvalue weighted by Crippen LogP contribution is 2.17. The van der Waals surface area contributed by atoms with E-state index in [9.17, 15) is 0 Å². The molecule has 0 saturated heterocycles. The molecule has 0 radical (unpaired) electrons. The fourth-order valence-corrected chi connectivity index (χ4v) is 2.22. The van der Waals surface area contributed by atoms with Crippen molar-refractivity contribution in [3.8, 4) is 0 Å². The van der Waals surface area contributed by atoms with Gasteiger partial charge >= 0.3 is 0 Å². The van der Waals surface area contributed by atoms with Crippen LogP contribution in [0.25, 0.3) is 11.2 Å². The Hall–Kier alpha value is -2.43. The molecule has 3 heterocycles. The van der Waals surface area contributed by atoms with Crippen molar-refractivity contribution in [3.63, 3.8) is 0 Å². The highest BCUT2D eigenvalue weighted by atomic mass is 15.2. The Bertz CT molecular complexity index is 717. The van der Waals surface area contributed by atoms with Crippen LogP contribution in [0.15, 0.2) is 36.7 Å². The number of rotatable bonds is 3. The Morgan fingerprint density at radius 1 is 1.16 bits per heavy atom. The van der Waals surface area contributed by atoms with E-state index in [0.717, 1.165) is 23.3 Å². The summed E-state index contributed by atoms with van der Waals surface area (Å²) in [6.07, 6.45) is 4.50. The lowest BCUT2D eigenvalue weighted by Crippen LogP contribution is -2.08. The van der Waals surface area contributed by atoms with E-state index in [2.05, 4.69) is 27.9 Å². The van der Waals surface area contributed by atoms with Crippen LogP contribution in [0.1, 0.15) is 18.2 Å². The molecule has 3 rings (SSSR count). The summed E-state index contributed by atoms with van der Waals surface area (Å²) in [5.74, 6) is 0.474. The first-order valence-electron chi connectivity index (χ1n) is 6.29. The molecular formula is C14H15N5. The van der Waals surface area contributed by atoms with Crippen molar-refractivity contribution < 1.29 is 0 Å². The van der Waals surface area contributed by atoms with E-state index in [0.29, 0.717) is 12.5 Å². The van der Waals surface area contributed by atoms with Gasteiger partial charge < -0.3 is 5.73 Å². The zero-order valence-corrected chi connectivity index (χ0v) is 10.7. The SMILES string of the molecule is CCc1cccnc1Cn1c(N)nc2cccnc21. The highest BCUT2D eigenvalue weighted by Gasteiger charge is 2.11. The van der Waals surface area contributed by atoms with E-state index in [1.165, 1.54) is 5.56 Å². The first kappa shape index (κ1) is 11.6. The third kappa shape index (κ3) is 2.03. The first-order chi connectivity index (χ1) is 9.29. The molecule has 3 aromatic heterocycles. The average molecular weight is 253 g/mol. The predicted octanol–water partition coefficient (Wildman–Crippen LogP) is 2.02. The second kappa shape index (κ2) is 4.68. The molecule has 0 aliphatic heterocycles. The zero-order chi connectivity index (χ0) is 13.2. The number of fused-ring (bicyclic) bond motifs is 1. The number of aryl methyl sites for hydroxylation is 1. The summed E-state index contributed by atoms with van der Waals surface area (Å²) < 4.78 is 1.90. The van der Waals surface area contributed by atoms with Crippen molar-refractivity contribution in [2.24, 2.45) is 0 Å². The first-order valence-corrected chi connectivity index (χ1v) is 6.29. The molecule has 0 fully saturated rings. The van der Waals surface area contributed by atoms with E-state index in [-0.39, 0.29) is 0 Å². The van der Waals surface area contributed by atoms with Gasteiger partial charge in [-0.2, -0.15) is 0 Å². The van der Waals surface area contributed by atoms with E-state index >= 15 is 0 Å². The number of anilines is 1. The Kier molecular flexibility index (Phi) is 2.87. The molecule has 5 heteroatoms. The van der Waals surface area contributed by atoms with Crippen LogP contribution in [0.3, 0.4) is 0 Å². The summed E-state index contributed by atoms with van der Waals surface area (Å²) in [5, 5.41) is 0. The van der Waals surface area contributed by atoms with Crippen LogP contribution in [-0.2, 0) is 13.0 Å². The van der Waals surface area contributed by atoms with Crippen LogP contribution >= 0.6 is 0 Å². The Morgan fingerprint density at radius 2 is 1.95 bits per heavy atom. The molecule has 0 bridgehead atoms. The van der Waals surface area contributed by atoms with Crippen molar-refractivity contribution in [1.29, 1.82) is 0 Å². The monoisotopic (exact) mass is 253 g/mol. The summed E-state index contributed by atoms with van der Waals surface area (Å²) in [5.41, 5.74) is 9.83. The van der Waals surface area contributed by atoms with Crippen molar-refractivity contribution in [2.75, 3.05) is 5.73 Å². The lowest BCUT2D eigenvalue weighted by molar-refractivity contribution is 0.785. The molecule has 0 atom stereocenters. The molecule has 0 unspecified atom stereocenters. The minimum Gasteiger partial charge on any atom is -0.369 e. The largest absolute Gasteiger partial charge is 0.369 e. The molecule has 2 N–H and O–H groups in total. The molecule has 19 heavy (non-hydrogen) atoms. The molecule has 5 nitrogen and oxygen atoms in total. The third-order valence-corrected chi connectivity index (χ3v) is 3.21. The van der Waals surface area contributed by atoms with Gasteiger partial charge in [-0.05, 0) is 30.2 Å². The lowest BCUT2D eigenvalue weighted by Gasteiger charge is -2.08. The summed E-state index contributed by atoms with van der Waals surface area (Å²) in [6.45, 7) is 2.72. The van der Waals surface area contributed by atoms with Crippen LogP contribution in [-0.4, -0.2) is 19.5 Å². The van der Waals surface area contributed by atoms with Gasteiger partial charge in [-0.15, -0.1) is 0 Å². The Labute approximate surface area is 111 Å². The topological polar surface area (TPSA) is 69.6 Å². The fourth-order valence-electron chi connectivity index (χ4n) is 2.22. The zero-order valence-electron chi connectivity index (χ0n) is 10.7. The van der Waals surface area contributed by atoms with Gasteiger partial charge in [0.2, 0.25) is 5.95 Å². The standard InChI is InChI=1S/C14H15N5/c1-2-10-5-3-7-16-12(10)9-19-13-11(18-14(19)15)6-4-8-17-13/h3-8H,2,9H2,1H3,(H2,15,18). The number of nitrogens with zero attached hydrogens (tertiary/aromatic N) is 4. The highest BCUT2D eigenvalue weighted by molar-refractivity contribution is 5.73. The van der Waals surface area contributed by atoms with Crippen molar-refractivity contribution in [1.82, 2.24) is 19.5 Å². The lowest BCUT2D eigenvalue weighted by atomic mass is 10.1.